The molecule has 0 bridgehead atoms. The van der Waals surface area contributed by atoms with E-state index in [0.29, 0.717) is 17.2 Å². The summed E-state index contributed by atoms with van der Waals surface area (Å²) in [7, 11) is 0. The monoisotopic (exact) mass is 248 g/mol. The quantitative estimate of drug-likeness (QED) is 0.743. The van der Waals surface area contributed by atoms with Crippen molar-refractivity contribution in [2.24, 2.45) is 5.92 Å². The van der Waals surface area contributed by atoms with Gasteiger partial charge in [0.2, 0.25) is 0 Å². The van der Waals surface area contributed by atoms with Crippen LogP contribution in [0.3, 0.4) is 0 Å². The van der Waals surface area contributed by atoms with Gasteiger partial charge in [-0.25, -0.2) is 4.39 Å². The third-order valence-corrected chi connectivity index (χ3v) is 3.12. The highest BCUT2D eigenvalue weighted by atomic mass is 19.1. The first-order valence-corrected chi connectivity index (χ1v) is 6.49. The maximum atomic E-state index is 14.4. The Hall–Kier alpha value is -1.31. The molecule has 18 heavy (non-hydrogen) atoms. The van der Waals surface area contributed by atoms with Gasteiger partial charge in [0, 0.05) is 5.56 Å². The Morgan fingerprint density at radius 1 is 1.22 bits per heavy atom. The summed E-state index contributed by atoms with van der Waals surface area (Å²) in [5, 5.41) is 0. The van der Waals surface area contributed by atoms with E-state index in [4.69, 9.17) is 4.74 Å². The molecule has 0 heterocycles. The minimum absolute atomic E-state index is 0.224. The Kier molecular flexibility index (Phi) is 3.22. The maximum absolute atomic E-state index is 14.4. The van der Waals surface area contributed by atoms with Crippen molar-refractivity contribution in [1.82, 2.24) is 0 Å². The van der Waals surface area contributed by atoms with Crippen LogP contribution < -0.4 is 4.74 Å². The summed E-state index contributed by atoms with van der Waals surface area (Å²) in [6.07, 6.45) is 2.84. The van der Waals surface area contributed by atoms with Crippen LogP contribution in [-0.4, -0.2) is 5.60 Å². The zero-order valence-electron chi connectivity index (χ0n) is 11.8. The van der Waals surface area contributed by atoms with E-state index >= 15 is 0 Å². The number of rotatable bonds is 2. The van der Waals surface area contributed by atoms with Crippen LogP contribution in [0.5, 0.6) is 5.75 Å². The van der Waals surface area contributed by atoms with E-state index in [2.05, 4.69) is 13.8 Å². The van der Waals surface area contributed by atoms with Gasteiger partial charge in [-0.2, -0.15) is 0 Å². The second-order valence-corrected chi connectivity index (χ2v) is 6.22. The van der Waals surface area contributed by atoms with E-state index < -0.39 is 0 Å². The number of fused-ring (bicyclic) bond motifs is 1. The van der Waals surface area contributed by atoms with Crippen molar-refractivity contribution in [2.75, 3.05) is 0 Å². The minimum Gasteiger partial charge on any atom is -0.485 e. The Balaban J connectivity index is 2.37. The summed E-state index contributed by atoms with van der Waals surface area (Å²) in [6.45, 7) is 10.1. The first kappa shape index (κ1) is 13.1. The zero-order valence-corrected chi connectivity index (χ0v) is 11.8. The van der Waals surface area contributed by atoms with E-state index in [1.54, 1.807) is 6.07 Å². The van der Waals surface area contributed by atoms with Crippen LogP contribution in [0.2, 0.25) is 0 Å². The first-order chi connectivity index (χ1) is 8.28. The Morgan fingerprint density at radius 2 is 1.89 bits per heavy atom. The lowest BCUT2D eigenvalue weighted by Crippen LogP contribution is -2.23. The molecule has 0 spiro atoms. The highest BCUT2D eigenvalue weighted by Crippen LogP contribution is 2.35. The number of allylic oxidation sites excluding steroid dienone is 1. The molecule has 2 heteroatoms. The molecule has 0 unspecified atom stereocenters. The lowest BCUT2D eigenvalue weighted by molar-refractivity contribution is 0.124. The van der Waals surface area contributed by atoms with Crippen LogP contribution in [0.4, 0.5) is 4.39 Å². The van der Waals surface area contributed by atoms with Gasteiger partial charge in [0.1, 0.15) is 5.60 Å². The summed E-state index contributed by atoms with van der Waals surface area (Å²) >= 11 is 0. The van der Waals surface area contributed by atoms with E-state index in [9.17, 15) is 4.39 Å². The van der Waals surface area contributed by atoms with Gasteiger partial charge in [-0.3, -0.25) is 0 Å². The smallest absolute Gasteiger partial charge is 0.172 e. The first-order valence-electron chi connectivity index (χ1n) is 6.49. The van der Waals surface area contributed by atoms with Gasteiger partial charge in [-0.05, 0) is 44.7 Å². The lowest BCUT2D eigenvalue weighted by atomic mass is 10.0. The Bertz CT molecular complexity index is 493. The van der Waals surface area contributed by atoms with Gasteiger partial charge >= 0.3 is 0 Å². The third-order valence-electron chi connectivity index (χ3n) is 3.12. The van der Waals surface area contributed by atoms with Gasteiger partial charge in [0.25, 0.3) is 0 Å². The van der Waals surface area contributed by atoms with E-state index in [0.717, 1.165) is 12.0 Å². The topological polar surface area (TPSA) is 9.23 Å². The van der Waals surface area contributed by atoms with Crippen LogP contribution in [-0.2, 0) is 6.42 Å². The average molecular weight is 248 g/mol. The second kappa shape index (κ2) is 4.42. The van der Waals surface area contributed by atoms with Crippen LogP contribution in [0.15, 0.2) is 17.7 Å². The molecule has 2 rings (SSSR count). The molecular formula is C16H21FO. The van der Waals surface area contributed by atoms with Crippen LogP contribution in [0, 0.1) is 11.7 Å². The fourth-order valence-corrected chi connectivity index (χ4v) is 2.16. The van der Waals surface area contributed by atoms with E-state index in [-0.39, 0.29) is 11.4 Å². The fourth-order valence-electron chi connectivity index (χ4n) is 2.16. The number of hydrogen-bond donors (Lipinski definition) is 0. The lowest BCUT2D eigenvalue weighted by Gasteiger charge is -2.22. The summed E-state index contributed by atoms with van der Waals surface area (Å²) < 4.78 is 20.0. The molecule has 0 radical (unpaired) electrons. The largest absolute Gasteiger partial charge is 0.485 e. The number of hydrogen-bond acceptors (Lipinski definition) is 1. The van der Waals surface area contributed by atoms with Crippen molar-refractivity contribution >= 4 is 6.08 Å². The maximum Gasteiger partial charge on any atom is 0.172 e. The highest BCUT2D eigenvalue weighted by molar-refractivity contribution is 5.66. The van der Waals surface area contributed by atoms with Crippen LogP contribution in [0.1, 0.15) is 45.7 Å². The second-order valence-electron chi connectivity index (χ2n) is 6.22. The molecule has 0 saturated carbocycles. The average Bonchev–Trinajstić information content (AvgIpc) is 2.65. The van der Waals surface area contributed by atoms with Crippen LogP contribution >= 0.6 is 0 Å². The molecule has 1 aliphatic carbocycles. The molecule has 98 valence electrons. The minimum atomic E-state index is -0.377. The highest BCUT2D eigenvalue weighted by Gasteiger charge is 2.23. The van der Waals surface area contributed by atoms with Gasteiger partial charge in [-0.15, -0.1) is 0 Å². The normalized spacial score (nSPS) is 14.7. The molecule has 1 nitrogen and oxygen atoms in total. The summed E-state index contributed by atoms with van der Waals surface area (Å²) in [5.74, 6) is 0.587. The SMILES string of the molecule is CC(C)C1=Cc2c(ccc(OC(C)(C)C)c2F)C1. The molecule has 1 aromatic carbocycles. The molecule has 0 aromatic heterocycles. The Morgan fingerprint density at radius 3 is 2.44 bits per heavy atom. The van der Waals surface area contributed by atoms with Crippen molar-refractivity contribution in [2.45, 2.75) is 46.6 Å². The molecule has 0 N–H and O–H groups in total. The molecule has 0 fully saturated rings. The summed E-state index contributed by atoms with van der Waals surface area (Å²) in [5.41, 5.74) is 2.69. The third kappa shape index (κ3) is 2.58. The zero-order chi connectivity index (χ0) is 13.5. The van der Waals surface area contributed by atoms with Crippen molar-refractivity contribution in [3.05, 3.63) is 34.6 Å². The molecule has 0 amide bonds. The molecule has 0 atom stereocenters. The number of ether oxygens (including phenoxy) is 1. The van der Waals surface area contributed by atoms with Crippen LogP contribution in [0.25, 0.3) is 6.08 Å². The summed E-state index contributed by atoms with van der Waals surface area (Å²) in [4.78, 5) is 0. The number of halogens is 1. The molecule has 1 aliphatic rings. The van der Waals surface area contributed by atoms with Gasteiger partial charge in [-0.1, -0.05) is 31.6 Å². The predicted molar refractivity (Wildman–Crippen MR) is 73.3 cm³/mol. The Labute approximate surface area is 109 Å². The molecule has 1 aromatic rings. The predicted octanol–water partition coefficient (Wildman–Crippen LogP) is 4.60. The van der Waals surface area contributed by atoms with Gasteiger partial charge in [0.05, 0.1) is 0 Å². The van der Waals surface area contributed by atoms with Gasteiger partial charge in [0.15, 0.2) is 11.6 Å². The standard InChI is InChI=1S/C16H21FO/c1-10(2)12-8-11-6-7-14(18-16(3,4)5)15(17)13(11)9-12/h6-7,9-10H,8H2,1-5H3. The van der Waals surface area contributed by atoms with Crippen molar-refractivity contribution < 1.29 is 9.13 Å². The van der Waals surface area contributed by atoms with Crippen molar-refractivity contribution in [3.8, 4) is 5.75 Å². The molecule has 0 saturated heterocycles. The van der Waals surface area contributed by atoms with E-state index in [1.165, 1.54) is 5.57 Å². The summed E-state index contributed by atoms with van der Waals surface area (Å²) in [6, 6.07) is 3.72. The van der Waals surface area contributed by atoms with Gasteiger partial charge < -0.3 is 4.74 Å². The van der Waals surface area contributed by atoms with Crippen molar-refractivity contribution in [1.29, 1.82) is 0 Å². The van der Waals surface area contributed by atoms with Crippen molar-refractivity contribution in [3.63, 3.8) is 0 Å². The fraction of sp³-hybridized carbons (Fsp3) is 0.500. The molecule has 0 aliphatic heterocycles. The van der Waals surface area contributed by atoms with E-state index in [1.807, 2.05) is 32.9 Å². The number of benzene rings is 1. The molecular weight excluding hydrogens is 227 g/mol.